The Morgan fingerprint density at radius 2 is 2.14 bits per heavy atom. The van der Waals surface area contributed by atoms with Crippen molar-refractivity contribution in [2.75, 3.05) is 6.54 Å². The van der Waals surface area contributed by atoms with Gasteiger partial charge in [-0.1, -0.05) is 13.8 Å². The first-order valence-corrected chi connectivity index (χ1v) is 7.47. The number of rotatable bonds is 3. The van der Waals surface area contributed by atoms with Crippen molar-refractivity contribution in [1.29, 1.82) is 0 Å². The standard InChI is InChI=1S/C15H20N4O2/c1-10(2)13-15(21)18-8-4-6-12(18)14(20)19(13)9-11-5-3-7-16-17-11/h3,5,7,10,12-13H,4,6,8-9H2,1-2H3. The van der Waals surface area contributed by atoms with E-state index in [1.807, 2.05) is 19.9 Å². The Labute approximate surface area is 124 Å². The molecule has 2 unspecified atom stereocenters. The number of hydrogen-bond acceptors (Lipinski definition) is 4. The summed E-state index contributed by atoms with van der Waals surface area (Å²) in [5.74, 6) is 0.215. The average molecular weight is 288 g/mol. The molecule has 0 aromatic carbocycles. The fourth-order valence-electron chi connectivity index (χ4n) is 3.33. The van der Waals surface area contributed by atoms with Crippen LogP contribution in [-0.2, 0) is 16.1 Å². The van der Waals surface area contributed by atoms with Crippen molar-refractivity contribution in [2.45, 2.75) is 45.3 Å². The van der Waals surface area contributed by atoms with Crippen LogP contribution in [0.15, 0.2) is 18.3 Å². The monoisotopic (exact) mass is 288 g/mol. The Morgan fingerprint density at radius 1 is 1.33 bits per heavy atom. The summed E-state index contributed by atoms with van der Waals surface area (Å²) in [6, 6.07) is 2.96. The lowest BCUT2D eigenvalue weighted by Crippen LogP contribution is -2.63. The third kappa shape index (κ3) is 2.39. The van der Waals surface area contributed by atoms with Gasteiger partial charge >= 0.3 is 0 Å². The molecule has 1 aromatic heterocycles. The third-order valence-electron chi connectivity index (χ3n) is 4.28. The maximum atomic E-state index is 12.8. The molecule has 2 aliphatic rings. The molecule has 0 bridgehead atoms. The molecule has 1 aromatic rings. The van der Waals surface area contributed by atoms with Crippen molar-refractivity contribution in [1.82, 2.24) is 20.0 Å². The Hall–Kier alpha value is -1.98. The van der Waals surface area contributed by atoms with E-state index in [-0.39, 0.29) is 23.8 Å². The number of carbonyl (C=O) groups excluding carboxylic acids is 2. The van der Waals surface area contributed by atoms with Crippen LogP contribution in [-0.4, -0.2) is 50.4 Å². The molecule has 2 atom stereocenters. The molecule has 0 radical (unpaired) electrons. The number of nitrogens with zero attached hydrogens (tertiary/aromatic N) is 4. The van der Waals surface area contributed by atoms with Crippen molar-refractivity contribution in [3.63, 3.8) is 0 Å². The third-order valence-corrected chi connectivity index (χ3v) is 4.28. The van der Waals surface area contributed by atoms with E-state index in [4.69, 9.17) is 0 Å². The van der Waals surface area contributed by atoms with E-state index >= 15 is 0 Å². The number of aromatic nitrogens is 2. The molecule has 0 aliphatic carbocycles. The molecule has 0 N–H and O–H groups in total. The van der Waals surface area contributed by atoms with Gasteiger partial charge in [-0.25, -0.2) is 0 Å². The summed E-state index contributed by atoms with van der Waals surface area (Å²) in [5.41, 5.74) is 0.718. The summed E-state index contributed by atoms with van der Waals surface area (Å²) in [7, 11) is 0. The van der Waals surface area contributed by atoms with E-state index < -0.39 is 6.04 Å². The minimum Gasteiger partial charge on any atom is -0.329 e. The minimum atomic E-state index is -0.395. The average Bonchev–Trinajstić information content (AvgIpc) is 2.95. The first-order valence-electron chi connectivity index (χ1n) is 7.47. The van der Waals surface area contributed by atoms with Gasteiger partial charge in [0.1, 0.15) is 12.1 Å². The second kappa shape index (κ2) is 5.42. The number of piperazine rings is 1. The van der Waals surface area contributed by atoms with Crippen LogP contribution in [0.5, 0.6) is 0 Å². The first-order chi connectivity index (χ1) is 10.1. The fraction of sp³-hybridized carbons (Fsp3) is 0.600. The van der Waals surface area contributed by atoms with Gasteiger partial charge in [0.15, 0.2) is 0 Å². The molecule has 0 spiro atoms. The predicted octanol–water partition coefficient (Wildman–Crippen LogP) is 0.834. The molecule has 0 saturated carbocycles. The van der Waals surface area contributed by atoms with Crippen LogP contribution in [0, 0.1) is 5.92 Å². The summed E-state index contributed by atoms with van der Waals surface area (Å²) in [6.45, 7) is 5.02. The highest BCUT2D eigenvalue weighted by atomic mass is 16.2. The molecule has 6 nitrogen and oxygen atoms in total. The summed E-state index contributed by atoms with van der Waals surface area (Å²) in [5, 5.41) is 7.89. The lowest BCUT2D eigenvalue weighted by molar-refractivity contribution is -0.162. The summed E-state index contributed by atoms with van der Waals surface area (Å²) in [6.07, 6.45) is 3.28. The number of carbonyl (C=O) groups is 2. The van der Waals surface area contributed by atoms with Gasteiger partial charge in [0.05, 0.1) is 12.2 Å². The maximum absolute atomic E-state index is 12.8. The maximum Gasteiger partial charge on any atom is 0.246 e. The van der Waals surface area contributed by atoms with Crippen LogP contribution < -0.4 is 0 Å². The molecule has 3 rings (SSSR count). The van der Waals surface area contributed by atoms with Crippen molar-refractivity contribution >= 4 is 11.8 Å². The normalized spacial score (nSPS) is 25.7. The van der Waals surface area contributed by atoms with Crippen molar-refractivity contribution in [3.05, 3.63) is 24.0 Å². The van der Waals surface area contributed by atoms with E-state index in [1.54, 1.807) is 22.1 Å². The van der Waals surface area contributed by atoms with Crippen molar-refractivity contribution in [2.24, 2.45) is 5.92 Å². The van der Waals surface area contributed by atoms with E-state index in [0.29, 0.717) is 13.1 Å². The number of fused-ring (bicyclic) bond motifs is 1. The molecular weight excluding hydrogens is 268 g/mol. The zero-order valence-corrected chi connectivity index (χ0v) is 12.4. The number of hydrogen-bond donors (Lipinski definition) is 0. The molecule has 2 amide bonds. The van der Waals surface area contributed by atoms with Gasteiger partial charge in [-0.2, -0.15) is 10.2 Å². The van der Waals surface area contributed by atoms with Gasteiger partial charge in [-0.3, -0.25) is 9.59 Å². The van der Waals surface area contributed by atoms with E-state index in [2.05, 4.69) is 10.2 Å². The smallest absolute Gasteiger partial charge is 0.246 e. The van der Waals surface area contributed by atoms with Crippen LogP contribution >= 0.6 is 0 Å². The van der Waals surface area contributed by atoms with Crippen LogP contribution in [0.25, 0.3) is 0 Å². The second-order valence-electron chi connectivity index (χ2n) is 6.06. The summed E-state index contributed by atoms with van der Waals surface area (Å²) >= 11 is 0. The highest BCUT2D eigenvalue weighted by molar-refractivity contribution is 5.97. The molecule has 2 fully saturated rings. The Bertz CT molecular complexity index is 546. The van der Waals surface area contributed by atoms with E-state index in [0.717, 1.165) is 18.5 Å². The van der Waals surface area contributed by atoms with Gasteiger partial charge in [0.2, 0.25) is 11.8 Å². The lowest BCUT2D eigenvalue weighted by atomic mass is 9.95. The Kier molecular flexibility index (Phi) is 3.61. The van der Waals surface area contributed by atoms with Gasteiger partial charge in [-0.05, 0) is 30.9 Å². The van der Waals surface area contributed by atoms with Gasteiger partial charge in [0.25, 0.3) is 0 Å². The van der Waals surface area contributed by atoms with Crippen molar-refractivity contribution < 1.29 is 9.59 Å². The predicted molar refractivity (Wildman–Crippen MR) is 75.9 cm³/mol. The first kappa shape index (κ1) is 14.0. The lowest BCUT2D eigenvalue weighted by Gasteiger charge is -2.43. The fourth-order valence-corrected chi connectivity index (χ4v) is 3.33. The van der Waals surface area contributed by atoms with Crippen molar-refractivity contribution in [3.8, 4) is 0 Å². The van der Waals surface area contributed by atoms with Crippen LogP contribution in [0.3, 0.4) is 0 Å². The summed E-state index contributed by atoms with van der Waals surface area (Å²) in [4.78, 5) is 28.9. The number of amides is 2. The molecule has 3 heterocycles. The van der Waals surface area contributed by atoms with E-state index in [9.17, 15) is 9.59 Å². The molecule has 21 heavy (non-hydrogen) atoms. The molecule has 6 heteroatoms. The molecule has 112 valence electrons. The van der Waals surface area contributed by atoms with E-state index in [1.165, 1.54) is 0 Å². The van der Waals surface area contributed by atoms with Gasteiger partial charge in [0, 0.05) is 12.7 Å². The van der Waals surface area contributed by atoms with Crippen LogP contribution in [0.1, 0.15) is 32.4 Å². The largest absolute Gasteiger partial charge is 0.329 e. The molecule has 2 saturated heterocycles. The van der Waals surface area contributed by atoms with Gasteiger partial charge in [-0.15, -0.1) is 0 Å². The SMILES string of the molecule is CC(C)C1C(=O)N2CCCC2C(=O)N1Cc1cccnn1. The van der Waals surface area contributed by atoms with Crippen LogP contribution in [0.2, 0.25) is 0 Å². The van der Waals surface area contributed by atoms with Crippen LogP contribution in [0.4, 0.5) is 0 Å². The highest BCUT2D eigenvalue weighted by Crippen LogP contribution is 2.30. The topological polar surface area (TPSA) is 66.4 Å². The quantitative estimate of drug-likeness (QED) is 0.826. The van der Waals surface area contributed by atoms with Gasteiger partial charge < -0.3 is 9.80 Å². The Morgan fingerprint density at radius 3 is 2.81 bits per heavy atom. The summed E-state index contributed by atoms with van der Waals surface area (Å²) < 4.78 is 0. The minimum absolute atomic E-state index is 0.0523. The second-order valence-corrected chi connectivity index (χ2v) is 6.06. The molecular formula is C15H20N4O2. The zero-order valence-electron chi connectivity index (χ0n) is 12.4. The Balaban J connectivity index is 1.91. The highest BCUT2D eigenvalue weighted by Gasteiger charge is 2.48. The molecule has 2 aliphatic heterocycles. The zero-order chi connectivity index (χ0) is 15.0.